The normalized spacial score (nSPS) is 16.3. The van der Waals surface area contributed by atoms with Gasteiger partial charge in [-0.25, -0.2) is 0 Å². The van der Waals surface area contributed by atoms with Crippen LogP contribution in [0.4, 0.5) is 0 Å². The Labute approximate surface area is 134 Å². The Morgan fingerprint density at radius 1 is 1.04 bits per heavy atom. The summed E-state index contributed by atoms with van der Waals surface area (Å²) in [4.78, 5) is 12.6. The van der Waals surface area contributed by atoms with Crippen molar-refractivity contribution in [3.63, 3.8) is 0 Å². The lowest BCUT2D eigenvalue weighted by Gasteiger charge is -2.27. The van der Waals surface area contributed by atoms with Crippen molar-refractivity contribution in [2.45, 2.75) is 12.5 Å². The van der Waals surface area contributed by atoms with Crippen LogP contribution in [0.25, 0.3) is 0 Å². The van der Waals surface area contributed by atoms with Gasteiger partial charge in [0.05, 0.1) is 27.8 Å². The molecule has 0 saturated heterocycles. The van der Waals surface area contributed by atoms with Crippen molar-refractivity contribution >= 4 is 5.78 Å². The highest BCUT2D eigenvalue weighted by atomic mass is 16.5. The van der Waals surface area contributed by atoms with Gasteiger partial charge in [0, 0.05) is 0 Å². The number of hydrogen-bond acceptors (Lipinski definition) is 5. The summed E-state index contributed by atoms with van der Waals surface area (Å²) in [5.41, 5.74) is 1.34. The van der Waals surface area contributed by atoms with Crippen LogP contribution in [0.3, 0.4) is 0 Å². The average Bonchev–Trinajstić information content (AvgIpc) is 2.60. The second kappa shape index (κ2) is 6.20. The summed E-state index contributed by atoms with van der Waals surface area (Å²) in [6.45, 7) is 0. The second-order valence-corrected chi connectivity index (χ2v) is 5.18. The first-order valence-corrected chi connectivity index (χ1v) is 7.26. The highest BCUT2D eigenvalue weighted by molar-refractivity contribution is 6.03. The van der Waals surface area contributed by atoms with E-state index in [9.17, 15) is 4.79 Å². The van der Waals surface area contributed by atoms with Gasteiger partial charge in [-0.05, 0) is 29.8 Å². The minimum atomic E-state index is -0.344. The van der Waals surface area contributed by atoms with E-state index in [2.05, 4.69) is 0 Å². The molecule has 3 rings (SSSR count). The Hall–Kier alpha value is -2.69. The first-order chi connectivity index (χ1) is 11.2. The van der Waals surface area contributed by atoms with E-state index in [1.807, 2.05) is 24.3 Å². The molecule has 1 unspecified atom stereocenters. The predicted octanol–water partition coefficient (Wildman–Crippen LogP) is 3.42. The molecule has 1 aliphatic heterocycles. The van der Waals surface area contributed by atoms with Gasteiger partial charge in [-0.1, -0.05) is 12.1 Å². The standard InChI is InChI=1S/C18H18O5/c1-20-12-6-4-5-11(9-12)16-10-13(19)17-14(23-16)7-8-15(21-2)18(17)22-3/h4-9,16H,10H2,1-3H3. The quantitative estimate of drug-likeness (QED) is 0.865. The fourth-order valence-corrected chi connectivity index (χ4v) is 2.76. The van der Waals surface area contributed by atoms with E-state index >= 15 is 0 Å². The number of ketones is 1. The zero-order valence-electron chi connectivity index (χ0n) is 13.3. The first-order valence-electron chi connectivity index (χ1n) is 7.26. The lowest BCUT2D eigenvalue weighted by Crippen LogP contribution is -2.21. The Balaban J connectivity index is 1.99. The summed E-state index contributed by atoms with van der Waals surface area (Å²) in [6.07, 6.45) is -0.104. The number of ether oxygens (including phenoxy) is 4. The van der Waals surface area contributed by atoms with Gasteiger partial charge >= 0.3 is 0 Å². The van der Waals surface area contributed by atoms with Crippen LogP contribution in [0.1, 0.15) is 28.4 Å². The maximum absolute atomic E-state index is 12.6. The maximum Gasteiger partial charge on any atom is 0.175 e. The highest BCUT2D eigenvalue weighted by Crippen LogP contribution is 2.44. The number of methoxy groups -OCH3 is 3. The van der Waals surface area contributed by atoms with Gasteiger partial charge in [0.2, 0.25) is 0 Å². The Morgan fingerprint density at radius 2 is 1.87 bits per heavy atom. The van der Waals surface area contributed by atoms with Crippen LogP contribution in [-0.4, -0.2) is 27.1 Å². The van der Waals surface area contributed by atoms with E-state index in [-0.39, 0.29) is 18.3 Å². The summed E-state index contributed by atoms with van der Waals surface area (Å²) < 4.78 is 21.8. The number of hydrogen-bond donors (Lipinski definition) is 0. The minimum Gasteiger partial charge on any atom is -0.497 e. The summed E-state index contributed by atoms with van der Waals surface area (Å²) in [5.74, 6) is 2.14. The lowest BCUT2D eigenvalue weighted by atomic mass is 9.95. The summed E-state index contributed by atoms with van der Waals surface area (Å²) in [6, 6.07) is 11.0. The minimum absolute atomic E-state index is 0.0326. The zero-order chi connectivity index (χ0) is 16.4. The van der Waals surface area contributed by atoms with E-state index in [1.54, 1.807) is 19.2 Å². The molecule has 1 aliphatic rings. The molecule has 0 radical (unpaired) electrons. The van der Waals surface area contributed by atoms with Gasteiger partial charge in [0.1, 0.15) is 23.2 Å². The maximum atomic E-state index is 12.6. The van der Waals surface area contributed by atoms with Crippen LogP contribution in [0, 0.1) is 0 Å². The molecular formula is C18H18O5. The molecule has 5 heteroatoms. The van der Waals surface area contributed by atoms with Gasteiger partial charge in [-0.15, -0.1) is 0 Å². The number of carbonyl (C=O) groups is 1. The largest absolute Gasteiger partial charge is 0.497 e. The number of Topliss-reactive ketones (excluding diaryl/α,β-unsaturated/α-hetero) is 1. The highest BCUT2D eigenvalue weighted by Gasteiger charge is 2.32. The molecule has 0 fully saturated rings. The number of benzene rings is 2. The summed E-state index contributed by atoms with van der Waals surface area (Å²) in [5, 5.41) is 0. The van der Waals surface area contributed by atoms with Crippen molar-refractivity contribution in [2.24, 2.45) is 0 Å². The van der Waals surface area contributed by atoms with Crippen LogP contribution in [0.2, 0.25) is 0 Å². The van der Waals surface area contributed by atoms with Crippen molar-refractivity contribution in [1.82, 2.24) is 0 Å². The molecule has 120 valence electrons. The van der Waals surface area contributed by atoms with Gasteiger partial charge in [-0.2, -0.15) is 0 Å². The Morgan fingerprint density at radius 3 is 2.57 bits per heavy atom. The molecule has 0 saturated carbocycles. The van der Waals surface area contributed by atoms with Crippen LogP contribution >= 0.6 is 0 Å². The molecule has 2 aromatic rings. The van der Waals surface area contributed by atoms with E-state index in [1.165, 1.54) is 14.2 Å². The van der Waals surface area contributed by atoms with Gasteiger partial charge < -0.3 is 18.9 Å². The van der Waals surface area contributed by atoms with E-state index < -0.39 is 0 Å². The number of carbonyl (C=O) groups excluding carboxylic acids is 1. The Kier molecular flexibility index (Phi) is 4.10. The molecule has 0 spiro atoms. The smallest absolute Gasteiger partial charge is 0.175 e. The molecule has 0 aliphatic carbocycles. The van der Waals surface area contributed by atoms with Crippen LogP contribution in [0.5, 0.6) is 23.0 Å². The van der Waals surface area contributed by atoms with Gasteiger partial charge in [0.15, 0.2) is 17.3 Å². The third kappa shape index (κ3) is 2.70. The first kappa shape index (κ1) is 15.2. The number of rotatable bonds is 4. The monoisotopic (exact) mass is 314 g/mol. The predicted molar refractivity (Wildman–Crippen MR) is 84.9 cm³/mol. The van der Waals surface area contributed by atoms with E-state index in [4.69, 9.17) is 18.9 Å². The molecule has 23 heavy (non-hydrogen) atoms. The molecule has 1 atom stereocenters. The van der Waals surface area contributed by atoms with Crippen molar-refractivity contribution in [2.75, 3.05) is 21.3 Å². The van der Waals surface area contributed by atoms with Crippen molar-refractivity contribution < 1.29 is 23.7 Å². The summed E-state index contributed by atoms with van der Waals surface area (Å²) in [7, 11) is 4.66. The lowest BCUT2D eigenvalue weighted by molar-refractivity contribution is 0.0843. The number of fused-ring (bicyclic) bond motifs is 1. The molecular weight excluding hydrogens is 296 g/mol. The van der Waals surface area contributed by atoms with E-state index in [0.717, 1.165) is 11.3 Å². The molecule has 0 amide bonds. The Bertz CT molecular complexity index is 738. The molecule has 0 aromatic heterocycles. The molecule has 0 N–H and O–H groups in total. The molecule has 0 bridgehead atoms. The van der Waals surface area contributed by atoms with Crippen LogP contribution in [0.15, 0.2) is 36.4 Å². The van der Waals surface area contributed by atoms with Crippen LogP contribution in [-0.2, 0) is 0 Å². The van der Waals surface area contributed by atoms with E-state index in [0.29, 0.717) is 22.8 Å². The fourth-order valence-electron chi connectivity index (χ4n) is 2.76. The van der Waals surface area contributed by atoms with Gasteiger partial charge in [0.25, 0.3) is 0 Å². The van der Waals surface area contributed by atoms with Crippen molar-refractivity contribution in [1.29, 1.82) is 0 Å². The van der Waals surface area contributed by atoms with Crippen LogP contribution < -0.4 is 18.9 Å². The second-order valence-electron chi connectivity index (χ2n) is 5.18. The topological polar surface area (TPSA) is 54.0 Å². The fraction of sp³-hybridized carbons (Fsp3) is 0.278. The molecule has 2 aromatic carbocycles. The summed E-state index contributed by atoms with van der Waals surface area (Å²) >= 11 is 0. The van der Waals surface area contributed by atoms with Crippen molar-refractivity contribution in [3.8, 4) is 23.0 Å². The zero-order valence-corrected chi connectivity index (χ0v) is 13.3. The van der Waals surface area contributed by atoms with Crippen molar-refractivity contribution in [3.05, 3.63) is 47.5 Å². The molecule has 1 heterocycles. The SMILES string of the molecule is COc1cccc(C2CC(=O)c3c(ccc(OC)c3OC)O2)c1. The third-order valence-electron chi connectivity index (χ3n) is 3.89. The average molecular weight is 314 g/mol. The third-order valence-corrected chi connectivity index (χ3v) is 3.89. The van der Waals surface area contributed by atoms with Gasteiger partial charge in [-0.3, -0.25) is 4.79 Å². The molecule has 5 nitrogen and oxygen atoms in total.